The quantitative estimate of drug-likeness (QED) is 0.725. The van der Waals surface area contributed by atoms with Crippen molar-refractivity contribution in [2.75, 3.05) is 10.5 Å². The summed E-state index contributed by atoms with van der Waals surface area (Å²) in [6.07, 6.45) is 0. The molecule has 0 bridgehead atoms. The van der Waals surface area contributed by atoms with Crippen LogP contribution in [0.25, 0.3) is 0 Å². The van der Waals surface area contributed by atoms with Crippen molar-refractivity contribution >= 4 is 50.6 Å². The third-order valence-corrected chi connectivity index (χ3v) is 4.73. The number of anilines is 2. The number of carbonyl (C=O) groups is 1. The Morgan fingerprint density at radius 3 is 2.05 bits per heavy atom. The van der Waals surface area contributed by atoms with Crippen molar-refractivity contribution < 1.29 is 18.3 Å². The molecule has 0 saturated carbocycles. The molecule has 0 heterocycles. The smallest absolute Gasteiger partial charge is 0.335 e. The van der Waals surface area contributed by atoms with Gasteiger partial charge in [0.05, 0.1) is 26.2 Å². The molecule has 2 aromatic carbocycles. The van der Waals surface area contributed by atoms with Crippen molar-refractivity contribution in [3.63, 3.8) is 0 Å². The van der Waals surface area contributed by atoms with Gasteiger partial charge in [0.1, 0.15) is 0 Å². The van der Waals surface area contributed by atoms with Crippen LogP contribution in [-0.2, 0) is 10.0 Å². The lowest BCUT2D eigenvalue weighted by Crippen LogP contribution is -2.13. The van der Waals surface area contributed by atoms with Gasteiger partial charge >= 0.3 is 5.97 Å². The minimum absolute atomic E-state index is 0.0223. The number of carboxylic acids is 1. The van der Waals surface area contributed by atoms with Crippen LogP contribution < -0.4 is 10.5 Å². The molecule has 0 aliphatic rings. The number of carboxylic acid groups (broad SMARTS) is 1. The van der Waals surface area contributed by atoms with E-state index in [0.717, 1.165) is 0 Å². The van der Waals surface area contributed by atoms with Crippen LogP contribution in [0.3, 0.4) is 0 Å². The summed E-state index contributed by atoms with van der Waals surface area (Å²) in [6, 6.07) is 7.59. The van der Waals surface area contributed by atoms with Crippen LogP contribution >= 0.6 is 23.2 Å². The fourth-order valence-corrected chi connectivity index (χ4v) is 3.34. The maximum absolute atomic E-state index is 12.3. The molecule has 0 fully saturated rings. The number of aromatic carboxylic acids is 1. The van der Waals surface area contributed by atoms with Crippen LogP contribution in [0.15, 0.2) is 41.3 Å². The first-order valence-corrected chi connectivity index (χ1v) is 8.05. The van der Waals surface area contributed by atoms with E-state index in [0.29, 0.717) is 0 Å². The van der Waals surface area contributed by atoms with Gasteiger partial charge < -0.3 is 10.8 Å². The van der Waals surface area contributed by atoms with Crippen LogP contribution in [0.4, 0.5) is 11.4 Å². The fraction of sp³-hybridized carbons (Fsp3) is 0. The van der Waals surface area contributed by atoms with Gasteiger partial charge in [-0.05, 0) is 36.4 Å². The number of rotatable bonds is 4. The van der Waals surface area contributed by atoms with Gasteiger partial charge in [0, 0.05) is 5.69 Å². The number of hydrogen-bond donors (Lipinski definition) is 3. The molecule has 9 heteroatoms. The zero-order valence-corrected chi connectivity index (χ0v) is 13.2. The highest BCUT2D eigenvalue weighted by molar-refractivity contribution is 7.92. The minimum Gasteiger partial charge on any atom is -0.478 e. The molecule has 0 atom stereocenters. The topological polar surface area (TPSA) is 109 Å². The Bertz CT molecular complexity index is 813. The lowest BCUT2D eigenvalue weighted by Gasteiger charge is -2.10. The van der Waals surface area contributed by atoms with Gasteiger partial charge in [0.15, 0.2) is 0 Å². The molecule has 0 unspecified atom stereocenters. The summed E-state index contributed by atoms with van der Waals surface area (Å²) in [5, 5.41) is 8.84. The predicted octanol–water partition coefficient (Wildman–Crippen LogP) is 3.07. The van der Waals surface area contributed by atoms with Gasteiger partial charge in [-0.3, -0.25) is 4.72 Å². The van der Waals surface area contributed by atoms with E-state index in [9.17, 15) is 13.2 Å². The molecular weight excluding hydrogens is 351 g/mol. The average Bonchev–Trinajstić information content (AvgIpc) is 2.44. The Balaban J connectivity index is 2.33. The highest BCUT2D eigenvalue weighted by atomic mass is 35.5. The number of hydrogen-bond acceptors (Lipinski definition) is 4. The lowest BCUT2D eigenvalue weighted by molar-refractivity contribution is 0.0697. The molecule has 22 heavy (non-hydrogen) atoms. The van der Waals surface area contributed by atoms with Gasteiger partial charge in [0.25, 0.3) is 10.0 Å². The molecular formula is C13H10Cl2N2O4S. The highest BCUT2D eigenvalue weighted by Gasteiger charge is 2.18. The second kappa shape index (κ2) is 6.04. The SMILES string of the molecule is Nc1c(Cl)cc(S(=O)(=O)Nc2ccc(C(=O)O)cc2)cc1Cl. The molecule has 2 aromatic rings. The zero-order valence-electron chi connectivity index (χ0n) is 10.9. The minimum atomic E-state index is -3.93. The Kier molecular flexibility index (Phi) is 4.50. The Labute approximate surface area is 136 Å². The summed E-state index contributed by atoms with van der Waals surface area (Å²) in [4.78, 5) is 10.6. The molecule has 0 amide bonds. The average molecular weight is 361 g/mol. The number of benzene rings is 2. The Morgan fingerprint density at radius 1 is 1.09 bits per heavy atom. The third-order valence-electron chi connectivity index (χ3n) is 2.75. The number of halogens is 2. The number of nitrogens with two attached hydrogens (primary N) is 1. The molecule has 0 spiro atoms. The van der Waals surface area contributed by atoms with Crippen molar-refractivity contribution in [1.29, 1.82) is 0 Å². The van der Waals surface area contributed by atoms with E-state index in [1.54, 1.807) is 0 Å². The van der Waals surface area contributed by atoms with Crippen molar-refractivity contribution in [1.82, 2.24) is 0 Å². The molecule has 0 aromatic heterocycles. The molecule has 4 N–H and O–H groups in total. The molecule has 0 radical (unpaired) electrons. The normalized spacial score (nSPS) is 11.2. The third kappa shape index (κ3) is 3.44. The van der Waals surface area contributed by atoms with Gasteiger partial charge in [0.2, 0.25) is 0 Å². The van der Waals surface area contributed by atoms with Crippen LogP contribution in [0, 0.1) is 0 Å². The number of nitrogen functional groups attached to an aromatic ring is 1. The summed E-state index contributed by atoms with van der Waals surface area (Å²) >= 11 is 11.6. The van der Waals surface area contributed by atoms with E-state index >= 15 is 0 Å². The monoisotopic (exact) mass is 360 g/mol. The second-order valence-electron chi connectivity index (χ2n) is 4.29. The fourth-order valence-electron chi connectivity index (χ4n) is 1.61. The van der Waals surface area contributed by atoms with E-state index in [1.807, 2.05) is 0 Å². The van der Waals surface area contributed by atoms with E-state index in [2.05, 4.69) is 4.72 Å². The summed E-state index contributed by atoms with van der Waals surface area (Å²) in [5.74, 6) is -1.11. The van der Waals surface area contributed by atoms with Crippen LogP contribution in [0.2, 0.25) is 10.0 Å². The lowest BCUT2D eigenvalue weighted by atomic mass is 10.2. The molecule has 0 saturated heterocycles. The zero-order chi connectivity index (χ0) is 16.5. The highest BCUT2D eigenvalue weighted by Crippen LogP contribution is 2.31. The maximum Gasteiger partial charge on any atom is 0.335 e. The van der Waals surface area contributed by atoms with Crippen LogP contribution in [-0.4, -0.2) is 19.5 Å². The van der Waals surface area contributed by atoms with E-state index in [-0.39, 0.29) is 31.9 Å². The van der Waals surface area contributed by atoms with Gasteiger partial charge in [-0.1, -0.05) is 23.2 Å². The molecule has 0 aliphatic carbocycles. The Morgan fingerprint density at radius 2 is 1.59 bits per heavy atom. The Hall–Kier alpha value is -1.96. The molecule has 0 aliphatic heterocycles. The molecule has 116 valence electrons. The first kappa shape index (κ1) is 16.4. The van der Waals surface area contributed by atoms with Crippen molar-refractivity contribution in [2.24, 2.45) is 0 Å². The summed E-state index contributed by atoms with van der Waals surface area (Å²) in [5.41, 5.74) is 5.89. The molecule has 2 rings (SSSR count). The standard InChI is InChI=1S/C13H10Cl2N2O4S/c14-10-5-9(6-11(15)12(10)16)22(20,21)17-8-3-1-7(2-4-8)13(18)19/h1-6,17H,16H2,(H,18,19). The first-order chi connectivity index (χ1) is 10.2. The van der Waals surface area contributed by atoms with Gasteiger partial charge in [-0.25, -0.2) is 13.2 Å². The van der Waals surface area contributed by atoms with Crippen molar-refractivity contribution in [3.8, 4) is 0 Å². The van der Waals surface area contributed by atoms with E-state index in [1.165, 1.54) is 36.4 Å². The van der Waals surface area contributed by atoms with Gasteiger partial charge in [-0.15, -0.1) is 0 Å². The van der Waals surface area contributed by atoms with E-state index in [4.69, 9.17) is 34.0 Å². The second-order valence-corrected chi connectivity index (χ2v) is 6.79. The summed E-state index contributed by atoms with van der Waals surface area (Å²) in [6.45, 7) is 0. The first-order valence-electron chi connectivity index (χ1n) is 5.81. The van der Waals surface area contributed by atoms with Crippen molar-refractivity contribution in [2.45, 2.75) is 4.90 Å². The summed E-state index contributed by atoms with van der Waals surface area (Å²) < 4.78 is 26.8. The van der Waals surface area contributed by atoms with Crippen molar-refractivity contribution in [3.05, 3.63) is 52.0 Å². The number of nitrogens with one attached hydrogen (secondary N) is 1. The van der Waals surface area contributed by atoms with Crippen LogP contribution in [0.5, 0.6) is 0 Å². The van der Waals surface area contributed by atoms with Gasteiger partial charge in [-0.2, -0.15) is 0 Å². The maximum atomic E-state index is 12.3. The summed E-state index contributed by atoms with van der Waals surface area (Å²) in [7, 11) is -3.93. The van der Waals surface area contributed by atoms with Crippen LogP contribution in [0.1, 0.15) is 10.4 Å². The van der Waals surface area contributed by atoms with E-state index < -0.39 is 16.0 Å². The molecule has 6 nitrogen and oxygen atoms in total. The number of sulfonamides is 1. The predicted molar refractivity (Wildman–Crippen MR) is 85.1 cm³/mol. The largest absolute Gasteiger partial charge is 0.478 e.